The molecule has 33 heavy (non-hydrogen) atoms. The summed E-state index contributed by atoms with van der Waals surface area (Å²) in [5.74, 6) is 1.30. The molecule has 5 rings (SSSR count). The minimum atomic E-state index is 0.0231. The van der Waals surface area contributed by atoms with Crippen molar-refractivity contribution in [2.24, 2.45) is 5.92 Å². The maximum absolute atomic E-state index is 13.8. The van der Waals surface area contributed by atoms with E-state index in [-0.39, 0.29) is 5.91 Å². The SMILES string of the molecule is Cc1ncc(C(=O)N(CCc2c[nH]c3ccccc23)CC2CC2)c(-c2ccc(C)c(C)c2)n1. The fourth-order valence-corrected chi connectivity index (χ4v) is 4.39. The molecular formula is C28H30N4O. The van der Waals surface area contributed by atoms with E-state index in [1.807, 2.05) is 17.9 Å². The van der Waals surface area contributed by atoms with E-state index in [0.717, 1.165) is 29.7 Å². The van der Waals surface area contributed by atoms with Crippen LogP contribution in [-0.2, 0) is 6.42 Å². The molecule has 0 unspecified atom stereocenters. The fraction of sp³-hybridized carbons (Fsp3) is 0.321. The summed E-state index contributed by atoms with van der Waals surface area (Å²) in [6, 6.07) is 14.6. The molecule has 0 aliphatic heterocycles. The van der Waals surface area contributed by atoms with Gasteiger partial charge in [0.25, 0.3) is 5.91 Å². The first-order chi connectivity index (χ1) is 16.0. The molecule has 2 heterocycles. The second-order valence-corrected chi connectivity index (χ2v) is 9.28. The zero-order valence-electron chi connectivity index (χ0n) is 19.6. The Hall–Kier alpha value is -3.47. The van der Waals surface area contributed by atoms with Crippen molar-refractivity contribution in [3.63, 3.8) is 0 Å². The highest BCUT2D eigenvalue weighted by Gasteiger charge is 2.29. The highest BCUT2D eigenvalue weighted by atomic mass is 16.2. The average Bonchev–Trinajstić information content (AvgIpc) is 3.55. The van der Waals surface area contributed by atoms with Crippen LogP contribution >= 0.6 is 0 Å². The molecule has 2 aromatic heterocycles. The Morgan fingerprint density at radius 1 is 1.09 bits per heavy atom. The minimum absolute atomic E-state index is 0.0231. The number of carbonyl (C=O) groups is 1. The first-order valence-electron chi connectivity index (χ1n) is 11.7. The number of hydrogen-bond donors (Lipinski definition) is 1. The molecule has 1 saturated carbocycles. The van der Waals surface area contributed by atoms with Gasteiger partial charge in [-0.1, -0.05) is 30.3 Å². The van der Waals surface area contributed by atoms with Crippen molar-refractivity contribution in [2.75, 3.05) is 13.1 Å². The van der Waals surface area contributed by atoms with Gasteiger partial charge in [-0.2, -0.15) is 0 Å². The van der Waals surface area contributed by atoms with E-state index >= 15 is 0 Å². The smallest absolute Gasteiger partial charge is 0.257 e. The Bertz CT molecular complexity index is 1320. The van der Waals surface area contributed by atoms with Crippen molar-refractivity contribution in [2.45, 2.75) is 40.0 Å². The number of aromatic nitrogens is 3. The number of benzene rings is 2. The second-order valence-electron chi connectivity index (χ2n) is 9.28. The number of para-hydroxylation sites is 1. The number of aryl methyl sites for hydroxylation is 3. The number of H-pyrrole nitrogens is 1. The Morgan fingerprint density at radius 2 is 1.91 bits per heavy atom. The number of aromatic amines is 1. The largest absolute Gasteiger partial charge is 0.361 e. The van der Waals surface area contributed by atoms with Gasteiger partial charge in [0.05, 0.1) is 11.3 Å². The van der Waals surface area contributed by atoms with Crippen LogP contribution in [-0.4, -0.2) is 38.8 Å². The molecule has 0 bridgehead atoms. The van der Waals surface area contributed by atoms with E-state index in [9.17, 15) is 4.79 Å². The van der Waals surface area contributed by atoms with E-state index in [0.29, 0.717) is 23.9 Å². The average molecular weight is 439 g/mol. The minimum Gasteiger partial charge on any atom is -0.361 e. The molecule has 1 amide bonds. The summed E-state index contributed by atoms with van der Waals surface area (Å²) in [4.78, 5) is 28.3. The fourth-order valence-electron chi connectivity index (χ4n) is 4.39. The van der Waals surface area contributed by atoms with Crippen LogP contribution in [0.25, 0.3) is 22.2 Å². The van der Waals surface area contributed by atoms with Gasteiger partial charge < -0.3 is 9.88 Å². The van der Waals surface area contributed by atoms with Crippen LogP contribution in [0.1, 0.15) is 45.7 Å². The zero-order valence-corrected chi connectivity index (χ0v) is 19.6. The molecule has 0 saturated heterocycles. The third-order valence-corrected chi connectivity index (χ3v) is 6.71. The Labute approximate surface area is 194 Å². The third-order valence-electron chi connectivity index (χ3n) is 6.71. The molecule has 1 fully saturated rings. The number of hydrogen-bond acceptors (Lipinski definition) is 3. The molecular weight excluding hydrogens is 408 g/mol. The molecule has 4 aromatic rings. The van der Waals surface area contributed by atoms with Crippen molar-refractivity contribution < 1.29 is 4.79 Å². The van der Waals surface area contributed by atoms with E-state index in [1.165, 1.54) is 34.9 Å². The maximum Gasteiger partial charge on any atom is 0.257 e. The van der Waals surface area contributed by atoms with E-state index in [2.05, 4.69) is 66.4 Å². The standard InChI is InChI=1S/C28H30N4O/c1-18-8-11-22(14-19(18)2)27-25(16-29-20(3)31-27)28(33)32(17-21-9-10-21)13-12-23-15-30-26-7-5-4-6-24(23)26/h4-8,11,14-16,21,30H,9-10,12-13,17H2,1-3H3. The van der Waals surface area contributed by atoms with Crippen molar-refractivity contribution >= 4 is 16.8 Å². The number of rotatable bonds is 7. The molecule has 0 radical (unpaired) electrons. The van der Waals surface area contributed by atoms with Crippen LogP contribution in [0.5, 0.6) is 0 Å². The molecule has 1 aliphatic carbocycles. The highest BCUT2D eigenvalue weighted by Crippen LogP contribution is 2.31. The van der Waals surface area contributed by atoms with Crippen molar-refractivity contribution in [3.8, 4) is 11.3 Å². The van der Waals surface area contributed by atoms with Gasteiger partial charge in [0, 0.05) is 41.9 Å². The summed E-state index contributed by atoms with van der Waals surface area (Å²) in [7, 11) is 0. The van der Waals surface area contributed by atoms with Gasteiger partial charge in [0.1, 0.15) is 5.82 Å². The van der Waals surface area contributed by atoms with E-state index in [1.54, 1.807) is 6.20 Å². The Balaban J connectivity index is 1.45. The van der Waals surface area contributed by atoms with Crippen LogP contribution in [0.2, 0.25) is 0 Å². The van der Waals surface area contributed by atoms with Gasteiger partial charge in [0.15, 0.2) is 0 Å². The molecule has 5 heteroatoms. The van der Waals surface area contributed by atoms with Gasteiger partial charge in [-0.25, -0.2) is 9.97 Å². The number of amides is 1. The summed E-state index contributed by atoms with van der Waals surface area (Å²) in [5, 5.41) is 1.23. The normalized spacial score (nSPS) is 13.4. The van der Waals surface area contributed by atoms with Gasteiger partial charge in [-0.05, 0) is 74.8 Å². The summed E-state index contributed by atoms with van der Waals surface area (Å²) >= 11 is 0. The summed E-state index contributed by atoms with van der Waals surface area (Å²) in [5.41, 5.74) is 7.08. The summed E-state index contributed by atoms with van der Waals surface area (Å²) < 4.78 is 0. The molecule has 0 spiro atoms. The number of nitrogens with one attached hydrogen (secondary N) is 1. The van der Waals surface area contributed by atoms with Crippen LogP contribution in [0.3, 0.4) is 0 Å². The predicted octanol–water partition coefficient (Wildman–Crippen LogP) is 5.65. The lowest BCUT2D eigenvalue weighted by atomic mass is 10.0. The quantitative estimate of drug-likeness (QED) is 0.406. The van der Waals surface area contributed by atoms with Gasteiger partial charge in [-0.15, -0.1) is 0 Å². The highest BCUT2D eigenvalue weighted by molar-refractivity contribution is 5.99. The van der Waals surface area contributed by atoms with Gasteiger partial charge >= 0.3 is 0 Å². The third kappa shape index (κ3) is 4.54. The van der Waals surface area contributed by atoms with Crippen molar-refractivity contribution in [1.82, 2.24) is 19.9 Å². The van der Waals surface area contributed by atoms with Crippen molar-refractivity contribution in [3.05, 3.63) is 82.9 Å². The second kappa shape index (κ2) is 8.81. The Kier molecular flexibility index (Phi) is 5.71. The van der Waals surface area contributed by atoms with Gasteiger partial charge in [0.2, 0.25) is 0 Å². The number of carbonyl (C=O) groups excluding carboxylic acids is 1. The molecule has 2 aromatic carbocycles. The van der Waals surface area contributed by atoms with E-state index in [4.69, 9.17) is 4.98 Å². The molecule has 5 nitrogen and oxygen atoms in total. The number of nitrogens with zero attached hydrogens (tertiary/aromatic N) is 3. The lowest BCUT2D eigenvalue weighted by Gasteiger charge is -2.24. The number of fused-ring (bicyclic) bond motifs is 1. The molecule has 168 valence electrons. The zero-order chi connectivity index (χ0) is 22.9. The lowest BCUT2D eigenvalue weighted by molar-refractivity contribution is 0.0749. The van der Waals surface area contributed by atoms with Crippen LogP contribution in [0.4, 0.5) is 0 Å². The predicted molar refractivity (Wildman–Crippen MR) is 132 cm³/mol. The van der Waals surface area contributed by atoms with Crippen molar-refractivity contribution in [1.29, 1.82) is 0 Å². The maximum atomic E-state index is 13.8. The lowest BCUT2D eigenvalue weighted by Crippen LogP contribution is -2.35. The molecule has 0 atom stereocenters. The first-order valence-corrected chi connectivity index (χ1v) is 11.7. The van der Waals surface area contributed by atoms with Crippen LogP contribution in [0, 0.1) is 26.7 Å². The van der Waals surface area contributed by atoms with E-state index < -0.39 is 0 Å². The first kappa shape index (κ1) is 21.4. The summed E-state index contributed by atoms with van der Waals surface area (Å²) in [6.45, 7) is 7.53. The summed E-state index contributed by atoms with van der Waals surface area (Å²) in [6.07, 6.45) is 6.99. The van der Waals surface area contributed by atoms with Crippen LogP contribution in [0.15, 0.2) is 54.9 Å². The Morgan fingerprint density at radius 3 is 2.70 bits per heavy atom. The molecule has 1 N–H and O–H groups in total. The van der Waals surface area contributed by atoms with Crippen LogP contribution < -0.4 is 0 Å². The molecule has 1 aliphatic rings. The topological polar surface area (TPSA) is 61.9 Å². The van der Waals surface area contributed by atoms with Gasteiger partial charge in [-0.3, -0.25) is 4.79 Å². The monoisotopic (exact) mass is 438 g/mol.